The zero-order chi connectivity index (χ0) is 11.5. The molecule has 1 heterocycles. The van der Waals surface area contributed by atoms with Gasteiger partial charge in [-0.05, 0) is 6.54 Å². The van der Waals surface area contributed by atoms with Gasteiger partial charge in [-0.15, -0.1) is 11.3 Å². The molecule has 1 atom stereocenters. The molecule has 3 nitrogen and oxygen atoms in total. The molecular formula is C11H20N2OS. The highest BCUT2D eigenvalue weighted by molar-refractivity contribution is 7.09. The van der Waals surface area contributed by atoms with Crippen molar-refractivity contribution in [1.29, 1.82) is 0 Å². The molecule has 0 saturated heterocycles. The van der Waals surface area contributed by atoms with Crippen molar-refractivity contribution in [1.82, 2.24) is 10.3 Å². The fraction of sp³-hybridized carbons (Fsp3) is 0.727. The second kappa shape index (κ2) is 5.05. The van der Waals surface area contributed by atoms with Crippen molar-refractivity contribution in [2.75, 3.05) is 13.2 Å². The van der Waals surface area contributed by atoms with E-state index in [1.807, 2.05) is 12.3 Å². The Morgan fingerprint density at radius 3 is 2.60 bits per heavy atom. The van der Waals surface area contributed by atoms with Crippen molar-refractivity contribution in [3.8, 4) is 0 Å². The average Bonchev–Trinajstić information content (AvgIpc) is 2.62. The summed E-state index contributed by atoms with van der Waals surface area (Å²) in [5, 5.41) is 15.6. The Hall–Kier alpha value is -0.450. The number of rotatable bonds is 4. The molecule has 0 fully saturated rings. The van der Waals surface area contributed by atoms with Crippen molar-refractivity contribution < 1.29 is 5.11 Å². The van der Waals surface area contributed by atoms with Gasteiger partial charge in [-0.25, -0.2) is 4.98 Å². The quantitative estimate of drug-likeness (QED) is 0.829. The number of aromatic nitrogens is 1. The van der Waals surface area contributed by atoms with E-state index >= 15 is 0 Å². The van der Waals surface area contributed by atoms with Crippen LogP contribution in [0.15, 0.2) is 5.38 Å². The van der Waals surface area contributed by atoms with E-state index in [1.165, 1.54) is 0 Å². The summed E-state index contributed by atoms with van der Waals surface area (Å²) in [5.41, 5.74) is 1.05. The largest absolute Gasteiger partial charge is 0.394 e. The van der Waals surface area contributed by atoms with E-state index in [0.717, 1.165) is 17.2 Å². The fourth-order valence-corrected chi connectivity index (χ4v) is 2.26. The monoisotopic (exact) mass is 228 g/mol. The highest BCUT2D eigenvalue weighted by Gasteiger charge is 2.20. The summed E-state index contributed by atoms with van der Waals surface area (Å²) in [5.74, 6) is 0. The van der Waals surface area contributed by atoms with Gasteiger partial charge in [-0.1, -0.05) is 27.7 Å². The third-order valence-electron chi connectivity index (χ3n) is 2.15. The van der Waals surface area contributed by atoms with Crippen LogP contribution in [-0.4, -0.2) is 23.2 Å². The molecule has 0 spiro atoms. The van der Waals surface area contributed by atoms with Crippen LogP contribution in [0, 0.1) is 0 Å². The van der Waals surface area contributed by atoms with Gasteiger partial charge in [0.2, 0.25) is 0 Å². The molecular weight excluding hydrogens is 208 g/mol. The van der Waals surface area contributed by atoms with Crippen molar-refractivity contribution >= 4 is 11.3 Å². The van der Waals surface area contributed by atoms with E-state index in [-0.39, 0.29) is 18.1 Å². The number of hydrogen-bond acceptors (Lipinski definition) is 4. The summed E-state index contributed by atoms with van der Waals surface area (Å²) in [4.78, 5) is 4.57. The summed E-state index contributed by atoms with van der Waals surface area (Å²) in [6, 6.07) is -0.0256. The fourth-order valence-electron chi connectivity index (χ4n) is 1.30. The molecule has 1 unspecified atom stereocenters. The van der Waals surface area contributed by atoms with Crippen LogP contribution >= 0.6 is 11.3 Å². The van der Waals surface area contributed by atoms with Crippen LogP contribution in [0.1, 0.15) is 44.4 Å². The molecule has 0 aliphatic heterocycles. The van der Waals surface area contributed by atoms with Crippen molar-refractivity contribution in [2.24, 2.45) is 0 Å². The first-order valence-electron chi connectivity index (χ1n) is 5.29. The van der Waals surface area contributed by atoms with Gasteiger partial charge in [-0.2, -0.15) is 0 Å². The van der Waals surface area contributed by atoms with Crippen molar-refractivity contribution in [3.05, 3.63) is 16.1 Å². The molecule has 1 aromatic heterocycles. The van der Waals surface area contributed by atoms with Gasteiger partial charge in [0.25, 0.3) is 0 Å². The number of hydrogen-bond donors (Lipinski definition) is 2. The minimum Gasteiger partial charge on any atom is -0.394 e. The number of nitrogens with zero attached hydrogens (tertiary/aromatic N) is 1. The van der Waals surface area contributed by atoms with Crippen LogP contribution < -0.4 is 5.32 Å². The standard InChI is InChI=1S/C11H20N2OS/c1-5-12-8(6-14)9-7-15-10(13-9)11(2,3)4/h7-8,12,14H,5-6H2,1-4H3. The molecule has 86 valence electrons. The zero-order valence-corrected chi connectivity index (χ0v) is 10.7. The molecule has 0 bridgehead atoms. The van der Waals surface area contributed by atoms with Gasteiger partial charge in [0.15, 0.2) is 0 Å². The lowest BCUT2D eigenvalue weighted by Gasteiger charge is -2.15. The Balaban J connectivity index is 2.82. The lowest BCUT2D eigenvalue weighted by Crippen LogP contribution is -2.24. The Morgan fingerprint density at radius 2 is 2.20 bits per heavy atom. The molecule has 0 aromatic carbocycles. The topological polar surface area (TPSA) is 45.1 Å². The van der Waals surface area contributed by atoms with Gasteiger partial charge in [0, 0.05) is 10.8 Å². The second-order valence-corrected chi connectivity index (χ2v) is 5.48. The predicted octanol–water partition coefficient (Wildman–Crippen LogP) is 2.08. The van der Waals surface area contributed by atoms with Crippen molar-refractivity contribution in [3.63, 3.8) is 0 Å². The Bertz CT molecular complexity index is 304. The van der Waals surface area contributed by atoms with Crippen LogP contribution in [-0.2, 0) is 5.41 Å². The molecule has 0 amide bonds. The first kappa shape index (κ1) is 12.6. The molecule has 1 aromatic rings. The van der Waals surface area contributed by atoms with E-state index in [4.69, 9.17) is 0 Å². The first-order chi connectivity index (χ1) is 6.99. The third-order valence-corrected chi connectivity index (χ3v) is 3.44. The molecule has 4 heteroatoms. The van der Waals surface area contributed by atoms with E-state index in [9.17, 15) is 5.11 Å². The minimum atomic E-state index is -0.0256. The van der Waals surface area contributed by atoms with E-state index in [2.05, 4.69) is 31.1 Å². The summed E-state index contributed by atoms with van der Waals surface area (Å²) in [6.07, 6.45) is 0. The van der Waals surface area contributed by atoms with Crippen LogP contribution in [0.5, 0.6) is 0 Å². The van der Waals surface area contributed by atoms with Gasteiger partial charge < -0.3 is 10.4 Å². The van der Waals surface area contributed by atoms with E-state index in [1.54, 1.807) is 11.3 Å². The maximum atomic E-state index is 9.22. The maximum Gasteiger partial charge on any atom is 0.0982 e. The Kier molecular flexibility index (Phi) is 4.25. The molecule has 1 rings (SSSR count). The summed E-state index contributed by atoms with van der Waals surface area (Å²) in [7, 11) is 0. The number of aliphatic hydroxyl groups is 1. The summed E-state index contributed by atoms with van der Waals surface area (Å²) < 4.78 is 0. The molecule has 0 radical (unpaired) electrons. The highest BCUT2D eigenvalue weighted by Crippen LogP contribution is 2.27. The van der Waals surface area contributed by atoms with Gasteiger partial charge >= 0.3 is 0 Å². The number of aliphatic hydroxyl groups excluding tert-OH is 1. The maximum absolute atomic E-state index is 9.22. The Labute approximate surface area is 95.6 Å². The van der Waals surface area contributed by atoms with Gasteiger partial charge in [-0.3, -0.25) is 0 Å². The van der Waals surface area contributed by atoms with Crippen molar-refractivity contribution in [2.45, 2.75) is 39.2 Å². The molecule has 0 aliphatic carbocycles. The van der Waals surface area contributed by atoms with Crippen LogP contribution in [0.2, 0.25) is 0 Å². The summed E-state index contributed by atoms with van der Waals surface area (Å²) >= 11 is 1.66. The minimum absolute atomic E-state index is 0.0256. The van der Waals surface area contributed by atoms with E-state index in [0.29, 0.717) is 0 Å². The molecule has 15 heavy (non-hydrogen) atoms. The van der Waals surface area contributed by atoms with Gasteiger partial charge in [0.1, 0.15) is 0 Å². The third kappa shape index (κ3) is 3.26. The van der Waals surface area contributed by atoms with Gasteiger partial charge in [0.05, 0.1) is 23.4 Å². The van der Waals surface area contributed by atoms with E-state index < -0.39 is 0 Å². The second-order valence-electron chi connectivity index (χ2n) is 4.62. The smallest absolute Gasteiger partial charge is 0.0982 e. The molecule has 2 N–H and O–H groups in total. The van der Waals surface area contributed by atoms with Crippen LogP contribution in [0.3, 0.4) is 0 Å². The Morgan fingerprint density at radius 1 is 1.53 bits per heavy atom. The highest BCUT2D eigenvalue weighted by atomic mass is 32.1. The average molecular weight is 228 g/mol. The SMILES string of the molecule is CCNC(CO)c1csc(C(C)(C)C)n1. The number of nitrogens with one attached hydrogen (secondary N) is 1. The molecule has 0 saturated carbocycles. The predicted molar refractivity (Wildman–Crippen MR) is 64.3 cm³/mol. The number of likely N-dealkylation sites (N-methyl/N-ethyl adjacent to an activating group) is 1. The lowest BCUT2D eigenvalue weighted by molar-refractivity contribution is 0.244. The number of thiazole rings is 1. The van der Waals surface area contributed by atoms with Crippen LogP contribution in [0.4, 0.5) is 0 Å². The first-order valence-corrected chi connectivity index (χ1v) is 6.17. The normalized spacial score (nSPS) is 14.2. The summed E-state index contributed by atoms with van der Waals surface area (Å²) in [6.45, 7) is 9.42. The molecule has 0 aliphatic rings. The lowest BCUT2D eigenvalue weighted by atomic mass is 9.98. The zero-order valence-electron chi connectivity index (χ0n) is 9.87. The van der Waals surface area contributed by atoms with Crippen LogP contribution in [0.25, 0.3) is 0 Å².